The third-order valence-electron chi connectivity index (χ3n) is 3.35. The summed E-state index contributed by atoms with van der Waals surface area (Å²) >= 11 is 0. The summed E-state index contributed by atoms with van der Waals surface area (Å²) in [4.78, 5) is 23.9. The Morgan fingerprint density at radius 3 is 2.75 bits per heavy atom. The minimum atomic E-state index is -0.506. The number of anilines is 1. The third-order valence-corrected chi connectivity index (χ3v) is 3.35. The second-order valence-electron chi connectivity index (χ2n) is 5.38. The van der Waals surface area contributed by atoms with E-state index in [0.29, 0.717) is 12.3 Å². The van der Waals surface area contributed by atoms with Gasteiger partial charge in [0.2, 0.25) is 5.91 Å². The highest BCUT2D eigenvalue weighted by molar-refractivity contribution is 6.02. The molecule has 0 spiro atoms. The molecule has 2 unspecified atom stereocenters. The van der Waals surface area contributed by atoms with Crippen LogP contribution >= 0.6 is 0 Å². The summed E-state index contributed by atoms with van der Waals surface area (Å²) in [5, 5.41) is 5.93. The molecule has 2 rings (SSSR count). The van der Waals surface area contributed by atoms with Gasteiger partial charge in [0.1, 0.15) is 12.1 Å². The van der Waals surface area contributed by atoms with Gasteiger partial charge in [0.05, 0.1) is 7.11 Å². The number of carbonyl (C=O) groups excluding carboxylic acids is 2. The first-order chi connectivity index (χ1) is 9.52. The van der Waals surface area contributed by atoms with Gasteiger partial charge in [-0.3, -0.25) is 14.9 Å². The summed E-state index contributed by atoms with van der Waals surface area (Å²) in [6.45, 7) is 4.06. The van der Waals surface area contributed by atoms with Crippen molar-refractivity contribution in [2.45, 2.75) is 32.4 Å². The van der Waals surface area contributed by atoms with Gasteiger partial charge in [-0.1, -0.05) is 32.0 Å². The van der Waals surface area contributed by atoms with Gasteiger partial charge in [0.15, 0.2) is 0 Å². The monoisotopic (exact) mass is 276 g/mol. The van der Waals surface area contributed by atoms with E-state index in [1.807, 2.05) is 38.1 Å². The zero-order valence-corrected chi connectivity index (χ0v) is 12.0. The van der Waals surface area contributed by atoms with E-state index in [-0.39, 0.29) is 11.9 Å². The van der Waals surface area contributed by atoms with Crippen molar-refractivity contribution in [3.8, 4) is 0 Å². The van der Waals surface area contributed by atoms with Gasteiger partial charge in [-0.25, -0.2) is 0 Å². The fraction of sp³-hybridized carbons (Fsp3) is 0.467. The van der Waals surface area contributed by atoms with E-state index in [2.05, 4.69) is 10.6 Å². The van der Waals surface area contributed by atoms with Crippen molar-refractivity contribution < 1.29 is 14.3 Å². The molecule has 0 radical (unpaired) electrons. The molecule has 0 aliphatic carbocycles. The fourth-order valence-corrected chi connectivity index (χ4v) is 2.42. The van der Waals surface area contributed by atoms with E-state index in [9.17, 15) is 9.59 Å². The summed E-state index contributed by atoms with van der Waals surface area (Å²) < 4.78 is 4.81. The number of esters is 1. The number of hydrogen-bond acceptors (Lipinski definition) is 4. The normalized spacial score (nSPS) is 18.6. The predicted molar refractivity (Wildman–Crippen MR) is 76.2 cm³/mol. The number of ether oxygens (including phenoxy) is 1. The number of amides is 1. The molecular weight excluding hydrogens is 256 g/mol. The second-order valence-corrected chi connectivity index (χ2v) is 5.38. The van der Waals surface area contributed by atoms with Crippen molar-refractivity contribution in [3.63, 3.8) is 0 Å². The quantitative estimate of drug-likeness (QED) is 0.806. The van der Waals surface area contributed by atoms with Crippen molar-refractivity contribution in [2.75, 3.05) is 12.4 Å². The molecule has 108 valence electrons. The topological polar surface area (TPSA) is 67.4 Å². The van der Waals surface area contributed by atoms with Crippen LogP contribution in [0.15, 0.2) is 24.3 Å². The van der Waals surface area contributed by atoms with Crippen LogP contribution in [0.1, 0.15) is 31.9 Å². The Bertz CT molecular complexity index is 514. The van der Waals surface area contributed by atoms with Gasteiger partial charge in [0, 0.05) is 11.3 Å². The lowest BCUT2D eigenvalue weighted by atomic mass is 10.0. The largest absolute Gasteiger partial charge is 0.468 e. The van der Waals surface area contributed by atoms with Gasteiger partial charge < -0.3 is 10.1 Å². The number of rotatable bonds is 5. The molecule has 20 heavy (non-hydrogen) atoms. The Kier molecular flexibility index (Phi) is 4.39. The van der Waals surface area contributed by atoms with E-state index >= 15 is 0 Å². The molecule has 2 N–H and O–H groups in total. The lowest BCUT2D eigenvalue weighted by molar-refractivity contribution is -0.144. The number of nitrogens with one attached hydrogen (secondary N) is 2. The van der Waals surface area contributed by atoms with E-state index in [0.717, 1.165) is 11.3 Å². The average Bonchev–Trinajstić information content (AvgIpc) is 2.73. The molecule has 5 heteroatoms. The van der Waals surface area contributed by atoms with Crippen LogP contribution in [0.2, 0.25) is 0 Å². The molecular formula is C15H20N2O3. The molecule has 0 saturated heterocycles. The van der Waals surface area contributed by atoms with Crippen LogP contribution in [0.4, 0.5) is 5.69 Å². The molecule has 1 aromatic carbocycles. The molecule has 1 amide bonds. The Morgan fingerprint density at radius 2 is 2.10 bits per heavy atom. The maximum absolute atomic E-state index is 12.0. The molecule has 1 heterocycles. The van der Waals surface area contributed by atoms with Crippen molar-refractivity contribution in [1.29, 1.82) is 0 Å². The van der Waals surface area contributed by atoms with Crippen LogP contribution in [0.3, 0.4) is 0 Å². The predicted octanol–water partition coefficient (Wildman–Crippen LogP) is 1.86. The molecule has 0 saturated carbocycles. The molecule has 1 aliphatic rings. The number of benzene rings is 1. The molecule has 0 aromatic heterocycles. The zero-order valence-electron chi connectivity index (χ0n) is 12.0. The summed E-state index contributed by atoms with van der Waals surface area (Å²) in [6, 6.07) is 6.49. The van der Waals surface area contributed by atoms with Crippen LogP contribution in [-0.2, 0) is 14.3 Å². The minimum absolute atomic E-state index is 0.135. The summed E-state index contributed by atoms with van der Waals surface area (Å²) in [5.41, 5.74) is 1.67. The number of methoxy groups -OCH3 is 1. The Morgan fingerprint density at radius 1 is 1.40 bits per heavy atom. The van der Waals surface area contributed by atoms with E-state index in [4.69, 9.17) is 4.74 Å². The van der Waals surface area contributed by atoms with E-state index in [1.54, 1.807) is 0 Å². The highest BCUT2D eigenvalue weighted by atomic mass is 16.5. The first-order valence-corrected chi connectivity index (χ1v) is 6.76. The molecule has 2 atom stereocenters. The lowest BCUT2D eigenvalue weighted by Gasteiger charge is -2.21. The van der Waals surface area contributed by atoms with Gasteiger partial charge in [0.25, 0.3) is 0 Å². The zero-order chi connectivity index (χ0) is 14.7. The van der Waals surface area contributed by atoms with E-state index in [1.165, 1.54) is 7.11 Å². The van der Waals surface area contributed by atoms with Crippen LogP contribution < -0.4 is 10.6 Å². The van der Waals surface area contributed by atoms with Crippen LogP contribution in [0, 0.1) is 5.92 Å². The Balaban J connectivity index is 2.18. The molecule has 1 aliphatic heterocycles. The standard InChI is InChI=1S/C15H20N2O3/c1-9(2)8-12(15(19)20-3)16-13-10-6-4-5-7-11(10)17-14(13)18/h4-7,9,12-13,16H,8H2,1-3H3,(H,17,18). The minimum Gasteiger partial charge on any atom is -0.468 e. The van der Waals surface area contributed by atoms with Crippen molar-refractivity contribution >= 4 is 17.6 Å². The maximum Gasteiger partial charge on any atom is 0.322 e. The highest BCUT2D eigenvalue weighted by Crippen LogP contribution is 2.31. The SMILES string of the molecule is COC(=O)C(CC(C)C)NC1C(=O)Nc2ccccc21. The summed E-state index contributed by atoms with van der Waals surface area (Å²) in [6.07, 6.45) is 0.624. The van der Waals surface area contributed by atoms with Crippen molar-refractivity contribution in [3.05, 3.63) is 29.8 Å². The summed E-state index contributed by atoms with van der Waals surface area (Å²) in [7, 11) is 1.36. The Hall–Kier alpha value is -1.88. The van der Waals surface area contributed by atoms with Crippen LogP contribution in [0.5, 0.6) is 0 Å². The number of carbonyl (C=O) groups is 2. The van der Waals surface area contributed by atoms with Crippen LogP contribution in [0.25, 0.3) is 0 Å². The Labute approximate surface area is 118 Å². The average molecular weight is 276 g/mol. The number of fused-ring (bicyclic) bond motifs is 1. The number of para-hydroxylation sites is 1. The van der Waals surface area contributed by atoms with Crippen molar-refractivity contribution in [1.82, 2.24) is 5.32 Å². The first kappa shape index (κ1) is 14.5. The molecule has 0 bridgehead atoms. The van der Waals surface area contributed by atoms with Gasteiger partial charge in [-0.05, 0) is 18.4 Å². The van der Waals surface area contributed by atoms with E-state index < -0.39 is 12.1 Å². The lowest BCUT2D eigenvalue weighted by Crippen LogP contribution is -2.43. The molecule has 0 fully saturated rings. The molecule has 1 aromatic rings. The van der Waals surface area contributed by atoms with Gasteiger partial charge in [-0.15, -0.1) is 0 Å². The first-order valence-electron chi connectivity index (χ1n) is 6.76. The van der Waals surface area contributed by atoms with Gasteiger partial charge >= 0.3 is 5.97 Å². The highest BCUT2D eigenvalue weighted by Gasteiger charge is 2.34. The smallest absolute Gasteiger partial charge is 0.322 e. The molecule has 5 nitrogen and oxygen atoms in total. The summed E-state index contributed by atoms with van der Waals surface area (Å²) in [5.74, 6) is -0.147. The van der Waals surface area contributed by atoms with Crippen LogP contribution in [-0.4, -0.2) is 25.0 Å². The number of hydrogen-bond donors (Lipinski definition) is 2. The van der Waals surface area contributed by atoms with Gasteiger partial charge in [-0.2, -0.15) is 0 Å². The second kappa shape index (κ2) is 6.05. The fourth-order valence-electron chi connectivity index (χ4n) is 2.42. The van der Waals surface area contributed by atoms with Crippen molar-refractivity contribution in [2.24, 2.45) is 5.92 Å². The maximum atomic E-state index is 12.0. The third kappa shape index (κ3) is 2.99.